The van der Waals surface area contributed by atoms with Crippen molar-refractivity contribution in [2.75, 3.05) is 0 Å². The number of furan rings is 1. The van der Waals surface area contributed by atoms with Crippen molar-refractivity contribution in [3.8, 4) is 0 Å². The molecule has 2 aromatic rings. The molecular formula is C20H28BN3O. The van der Waals surface area contributed by atoms with Crippen LogP contribution in [0.1, 0.15) is 46.7 Å². The second-order valence-corrected chi connectivity index (χ2v) is 9.10. The number of pyridine rings is 1. The Bertz CT molecular complexity index is 959. The first kappa shape index (κ1) is 16.7. The molecule has 2 aliphatic rings. The van der Waals surface area contributed by atoms with Crippen LogP contribution in [0.15, 0.2) is 16.5 Å². The predicted octanol–water partition coefficient (Wildman–Crippen LogP) is 2.94. The Kier molecular flexibility index (Phi) is 3.43. The molecule has 25 heavy (non-hydrogen) atoms. The number of hydrogen-bond donors (Lipinski definition) is 0. The van der Waals surface area contributed by atoms with Crippen LogP contribution in [0.3, 0.4) is 0 Å². The monoisotopic (exact) mass is 337 g/mol. The maximum atomic E-state index is 6.03. The average Bonchev–Trinajstić information content (AvgIpc) is 2.89. The lowest BCUT2D eigenvalue weighted by Gasteiger charge is -2.46. The van der Waals surface area contributed by atoms with Crippen LogP contribution in [0.2, 0.25) is 6.82 Å². The third-order valence-corrected chi connectivity index (χ3v) is 6.09. The van der Waals surface area contributed by atoms with Crippen LogP contribution in [0, 0.1) is 12.3 Å². The van der Waals surface area contributed by atoms with E-state index in [4.69, 9.17) is 4.42 Å². The molecule has 0 amide bonds. The molecule has 1 unspecified atom stereocenters. The van der Waals surface area contributed by atoms with E-state index < -0.39 is 0 Å². The van der Waals surface area contributed by atoms with Crippen molar-refractivity contribution in [1.82, 2.24) is 14.9 Å². The first-order valence-corrected chi connectivity index (χ1v) is 9.28. The first-order valence-electron chi connectivity index (χ1n) is 9.28. The fourth-order valence-electron chi connectivity index (χ4n) is 4.88. The van der Waals surface area contributed by atoms with Crippen LogP contribution in [0.5, 0.6) is 0 Å². The summed E-state index contributed by atoms with van der Waals surface area (Å²) in [6.45, 7) is 16.3. The Labute approximate surface area is 150 Å². The summed E-state index contributed by atoms with van der Waals surface area (Å²) >= 11 is 0. The maximum absolute atomic E-state index is 6.03. The summed E-state index contributed by atoms with van der Waals surface area (Å²) in [5, 5.41) is 4.81. The minimum Gasteiger partial charge on any atom is -0.439 e. The largest absolute Gasteiger partial charge is 0.439 e. The zero-order valence-electron chi connectivity index (χ0n) is 16.4. The number of hydrogen-bond acceptors (Lipinski definition) is 4. The second kappa shape index (κ2) is 5.13. The van der Waals surface area contributed by atoms with Gasteiger partial charge in [-0.25, -0.2) is 9.99 Å². The van der Waals surface area contributed by atoms with E-state index in [9.17, 15) is 0 Å². The van der Waals surface area contributed by atoms with Gasteiger partial charge < -0.3 is 9.34 Å². The minimum absolute atomic E-state index is 0.118. The standard InChI is InChI=1S/C20H28BN3O/c1-13-8-9-15-16-11-23(21(7)10-17(16)25-18(15)22-13)24-14(2)19(3,4)12-20(24,5)6/h8-11,14H,12H2,1-7H3. The van der Waals surface area contributed by atoms with E-state index in [0.29, 0.717) is 6.04 Å². The summed E-state index contributed by atoms with van der Waals surface area (Å²) in [6, 6.07) is 4.65. The molecule has 132 valence electrons. The van der Waals surface area contributed by atoms with Gasteiger partial charge in [0.1, 0.15) is 5.42 Å². The summed E-state index contributed by atoms with van der Waals surface area (Å²) in [7, 11) is 0. The number of aromatic nitrogens is 1. The van der Waals surface area contributed by atoms with Crippen molar-refractivity contribution in [3.05, 3.63) is 28.5 Å². The van der Waals surface area contributed by atoms with Crippen molar-refractivity contribution in [2.24, 2.45) is 5.41 Å². The highest BCUT2D eigenvalue weighted by atomic mass is 16.3. The highest BCUT2D eigenvalue weighted by Gasteiger charge is 2.51. The molecule has 1 saturated heterocycles. The molecule has 0 saturated carbocycles. The smallest absolute Gasteiger partial charge is 0.299 e. The number of nitrogens with zero attached hydrogens (tertiary/aromatic N) is 3. The van der Waals surface area contributed by atoms with Crippen LogP contribution in [-0.2, 0) is 0 Å². The molecule has 0 radical (unpaired) electrons. The van der Waals surface area contributed by atoms with Gasteiger partial charge in [-0.3, -0.25) is 0 Å². The minimum atomic E-state index is 0.118. The molecule has 1 fully saturated rings. The van der Waals surface area contributed by atoms with Gasteiger partial charge in [-0.1, -0.05) is 20.7 Å². The van der Waals surface area contributed by atoms with Crippen LogP contribution >= 0.6 is 0 Å². The molecule has 0 spiro atoms. The van der Waals surface area contributed by atoms with Crippen molar-refractivity contribution < 1.29 is 4.42 Å². The summed E-state index contributed by atoms with van der Waals surface area (Å²) in [4.78, 5) is 6.97. The Morgan fingerprint density at radius 2 is 1.96 bits per heavy atom. The molecule has 0 aromatic carbocycles. The third kappa shape index (κ3) is 2.43. The van der Waals surface area contributed by atoms with Gasteiger partial charge in [0, 0.05) is 34.1 Å². The molecule has 4 heterocycles. The highest BCUT2D eigenvalue weighted by molar-refractivity contribution is 6.70. The van der Waals surface area contributed by atoms with Gasteiger partial charge in [-0.2, -0.15) is 0 Å². The van der Waals surface area contributed by atoms with Gasteiger partial charge in [-0.05, 0) is 57.6 Å². The van der Waals surface area contributed by atoms with Gasteiger partial charge in [0.15, 0.2) is 0 Å². The van der Waals surface area contributed by atoms with Gasteiger partial charge in [0.05, 0.1) is 0 Å². The quantitative estimate of drug-likeness (QED) is 0.749. The summed E-state index contributed by atoms with van der Waals surface area (Å²) in [6.07, 6.45) is 3.44. The molecule has 1 atom stereocenters. The highest BCUT2D eigenvalue weighted by Crippen LogP contribution is 2.47. The molecule has 0 bridgehead atoms. The zero-order chi connectivity index (χ0) is 18.1. The average molecular weight is 337 g/mol. The Hall–Kier alpha value is -1.75. The Balaban J connectivity index is 1.88. The Morgan fingerprint density at radius 1 is 1.24 bits per heavy atom. The van der Waals surface area contributed by atoms with Gasteiger partial charge >= 0.3 is 0 Å². The van der Waals surface area contributed by atoms with Crippen molar-refractivity contribution in [2.45, 2.75) is 66.4 Å². The van der Waals surface area contributed by atoms with Crippen molar-refractivity contribution in [1.29, 1.82) is 0 Å². The molecule has 2 aliphatic heterocycles. The number of rotatable bonds is 1. The molecule has 0 aliphatic carbocycles. The molecule has 2 aromatic heterocycles. The second-order valence-electron chi connectivity index (χ2n) is 9.10. The zero-order valence-corrected chi connectivity index (χ0v) is 16.4. The topological polar surface area (TPSA) is 32.5 Å². The third-order valence-electron chi connectivity index (χ3n) is 6.09. The molecule has 4 rings (SSSR count). The van der Waals surface area contributed by atoms with Crippen molar-refractivity contribution >= 4 is 30.1 Å². The van der Waals surface area contributed by atoms with Gasteiger partial charge in [0.25, 0.3) is 6.85 Å². The van der Waals surface area contributed by atoms with Gasteiger partial charge in [0.2, 0.25) is 5.71 Å². The van der Waals surface area contributed by atoms with Crippen LogP contribution in [0.4, 0.5) is 0 Å². The molecular weight excluding hydrogens is 309 g/mol. The van der Waals surface area contributed by atoms with E-state index in [1.807, 2.05) is 6.92 Å². The van der Waals surface area contributed by atoms with E-state index in [2.05, 4.69) is 80.7 Å². The number of fused-ring (bicyclic) bond motifs is 3. The molecule has 4 nitrogen and oxygen atoms in total. The van der Waals surface area contributed by atoms with Gasteiger partial charge in [-0.15, -0.1) is 0 Å². The fraction of sp³-hybridized carbons (Fsp3) is 0.550. The van der Waals surface area contributed by atoms with E-state index in [1.165, 1.54) is 6.42 Å². The normalized spacial score (nSPS) is 25.0. The molecule has 5 heteroatoms. The van der Waals surface area contributed by atoms with Crippen LogP contribution in [0.25, 0.3) is 23.3 Å². The summed E-state index contributed by atoms with van der Waals surface area (Å²) in [5.74, 6) is 2.22. The van der Waals surface area contributed by atoms with E-state index in [1.54, 1.807) is 0 Å². The molecule has 0 N–H and O–H groups in total. The van der Waals surface area contributed by atoms with E-state index in [-0.39, 0.29) is 17.8 Å². The summed E-state index contributed by atoms with van der Waals surface area (Å²) in [5.41, 5.74) is 3.07. The predicted molar refractivity (Wildman–Crippen MR) is 104 cm³/mol. The van der Waals surface area contributed by atoms with Crippen LogP contribution in [-0.4, -0.2) is 33.3 Å². The SMILES string of the molecule is CB1C=c2oc3nc(C)ccc3c2=CN1N1C(C)C(C)(C)CC1(C)C. The van der Waals surface area contributed by atoms with Crippen molar-refractivity contribution in [3.63, 3.8) is 0 Å². The Morgan fingerprint density at radius 3 is 2.60 bits per heavy atom. The number of hydrazine groups is 1. The fourth-order valence-corrected chi connectivity index (χ4v) is 4.88. The van der Waals surface area contributed by atoms with E-state index in [0.717, 1.165) is 27.4 Å². The lowest BCUT2D eigenvalue weighted by Crippen LogP contribution is -2.58. The lowest BCUT2D eigenvalue weighted by molar-refractivity contribution is 0.00245. The number of aryl methyl sites for hydroxylation is 1. The van der Waals surface area contributed by atoms with E-state index >= 15 is 0 Å². The van der Waals surface area contributed by atoms with Crippen LogP contribution < -0.4 is 10.6 Å². The maximum Gasteiger partial charge on any atom is 0.299 e. The summed E-state index contributed by atoms with van der Waals surface area (Å²) < 4.78 is 6.03. The lowest BCUT2D eigenvalue weighted by atomic mass is 9.63. The first-order chi connectivity index (χ1) is 11.6.